The van der Waals surface area contributed by atoms with Gasteiger partial charge in [-0.15, -0.1) is 0 Å². The molecule has 0 amide bonds. The van der Waals surface area contributed by atoms with Crippen LogP contribution in [-0.2, 0) is 9.59 Å². The molecule has 3 heteroatoms. The van der Waals surface area contributed by atoms with Crippen molar-refractivity contribution in [1.29, 1.82) is 0 Å². The van der Waals surface area contributed by atoms with Crippen molar-refractivity contribution in [1.82, 2.24) is 0 Å². The Bertz CT molecular complexity index is 595. The first kappa shape index (κ1) is 19.1. The van der Waals surface area contributed by atoms with Crippen molar-refractivity contribution in [2.45, 2.75) is 72.1 Å². The second kappa shape index (κ2) is 6.50. The standard InChI is InChI=1S/C21H30O2.Ca.2H/c1-13(22)17-6-7-18-16-5-4-14-12-15(23)8-10-20(14,2)19(16)9-11-21(17,18)3;;;/h12,16-19H,4-11H2,1-3H3;;;/t16-,17-,18?,19-,20+,21-;;;/m1.../s1. The van der Waals surface area contributed by atoms with Crippen LogP contribution in [0.5, 0.6) is 0 Å². The summed E-state index contributed by atoms with van der Waals surface area (Å²) in [5, 5.41) is 0. The van der Waals surface area contributed by atoms with E-state index in [4.69, 9.17) is 0 Å². The maximum absolute atomic E-state index is 12.1. The Morgan fingerprint density at radius 1 is 1.04 bits per heavy atom. The van der Waals surface area contributed by atoms with Crippen molar-refractivity contribution < 1.29 is 9.59 Å². The molecule has 4 rings (SSSR count). The number of allylic oxidation sites excluding steroid dienone is 1. The van der Waals surface area contributed by atoms with Crippen molar-refractivity contribution in [2.24, 2.45) is 34.5 Å². The van der Waals surface area contributed by atoms with Crippen LogP contribution in [0.1, 0.15) is 72.1 Å². The van der Waals surface area contributed by atoms with E-state index in [0.29, 0.717) is 17.5 Å². The zero-order valence-electron chi connectivity index (χ0n) is 14.9. The number of hydrogen-bond acceptors (Lipinski definition) is 2. The third-order valence-corrected chi connectivity index (χ3v) is 8.45. The molecule has 0 N–H and O–H groups in total. The van der Waals surface area contributed by atoms with Gasteiger partial charge >= 0.3 is 37.7 Å². The van der Waals surface area contributed by atoms with Crippen molar-refractivity contribution in [3.63, 3.8) is 0 Å². The number of Topliss-reactive ketones (excluding diaryl/α,β-unsaturated/α-hetero) is 1. The van der Waals surface area contributed by atoms with E-state index >= 15 is 0 Å². The number of rotatable bonds is 1. The summed E-state index contributed by atoms with van der Waals surface area (Å²) >= 11 is 0. The Morgan fingerprint density at radius 2 is 1.79 bits per heavy atom. The van der Waals surface area contributed by atoms with E-state index in [0.717, 1.165) is 43.4 Å². The van der Waals surface area contributed by atoms with Gasteiger partial charge in [0.1, 0.15) is 5.78 Å². The molecule has 0 aromatic heterocycles. The van der Waals surface area contributed by atoms with E-state index in [2.05, 4.69) is 13.8 Å². The van der Waals surface area contributed by atoms with E-state index in [-0.39, 0.29) is 48.6 Å². The number of carbonyl (C=O) groups excluding carboxylic acids is 2. The van der Waals surface area contributed by atoms with E-state index in [1.54, 1.807) is 6.92 Å². The Labute approximate surface area is 176 Å². The molecule has 4 aliphatic carbocycles. The van der Waals surface area contributed by atoms with Crippen molar-refractivity contribution in [3.05, 3.63) is 11.6 Å². The fourth-order valence-electron chi connectivity index (χ4n) is 7.23. The van der Waals surface area contributed by atoms with E-state index in [9.17, 15) is 9.59 Å². The van der Waals surface area contributed by atoms with Crippen LogP contribution >= 0.6 is 0 Å². The van der Waals surface area contributed by atoms with Gasteiger partial charge in [0.25, 0.3) is 0 Å². The molecule has 2 nitrogen and oxygen atoms in total. The molecular formula is C21H32CaO2. The minimum atomic E-state index is 0. The van der Waals surface area contributed by atoms with Gasteiger partial charge in [-0.2, -0.15) is 0 Å². The van der Waals surface area contributed by atoms with Crippen molar-refractivity contribution >= 4 is 49.3 Å². The van der Waals surface area contributed by atoms with Crippen LogP contribution in [0, 0.1) is 34.5 Å². The maximum atomic E-state index is 12.1. The summed E-state index contributed by atoms with van der Waals surface area (Å²) in [6, 6.07) is 0. The average Bonchev–Trinajstić information content (AvgIpc) is 2.85. The van der Waals surface area contributed by atoms with Gasteiger partial charge in [0.2, 0.25) is 0 Å². The van der Waals surface area contributed by atoms with Crippen molar-refractivity contribution in [3.8, 4) is 0 Å². The average molecular weight is 357 g/mol. The topological polar surface area (TPSA) is 34.1 Å². The Balaban J connectivity index is 0.00000169. The summed E-state index contributed by atoms with van der Waals surface area (Å²) < 4.78 is 0. The van der Waals surface area contributed by atoms with Crippen LogP contribution in [0.25, 0.3) is 0 Å². The predicted molar refractivity (Wildman–Crippen MR) is 99.4 cm³/mol. The van der Waals surface area contributed by atoms with Gasteiger partial charge in [0.05, 0.1) is 0 Å². The molecule has 3 fully saturated rings. The third-order valence-electron chi connectivity index (χ3n) is 8.45. The van der Waals surface area contributed by atoms with Crippen LogP contribution < -0.4 is 0 Å². The fourth-order valence-corrected chi connectivity index (χ4v) is 7.23. The Hall–Kier alpha value is 0.340. The summed E-state index contributed by atoms with van der Waals surface area (Å²) in [7, 11) is 0. The van der Waals surface area contributed by atoms with Gasteiger partial charge in [0.15, 0.2) is 5.78 Å². The summed E-state index contributed by atoms with van der Waals surface area (Å²) in [6.45, 7) is 6.65. The molecule has 24 heavy (non-hydrogen) atoms. The first-order valence-corrected chi connectivity index (χ1v) is 9.60. The molecule has 1 unspecified atom stereocenters. The van der Waals surface area contributed by atoms with Gasteiger partial charge < -0.3 is 0 Å². The summed E-state index contributed by atoms with van der Waals surface area (Å²) in [6.07, 6.45) is 10.9. The SMILES string of the molecule is CC(=O)[C@H]1CCC2[C@H]3CCC4=CC(=O)CC[C@]4(C)[C@@H]3CC[C@@]21C.[CaH2]. The zero-order chi connectivity index (χ0) is 16.4. The van der Waals surface area contributed by atoms with E-state index < -0.39 is 0 Å². The Morgan fingerprint density at radius 3 is 2.50 bits per heavy atom. The van der Waals surface area contributed by atoms with Crippen LogP contribution in [0.3, 0.4) is 0 Å². The fraction of sp³-hybridized carbons (Fsp3) is 0.810. The normalized spacial score (nSPS) is 47.0. The number of hydrogen-bond donors (Lipinski definition) is 0. The van der Waals surface area contributed by atoms with Gasteiger partial charge in [-0.1, -0.05) is 19.4 Å². The minimum absolute atomic E-state index is 0. The molecule has 0 bridgehead atoms. The number of fused-ring (bicyclic) bond motifs is 5. The summed E-state index contributed by atoms with van der Waals surface area (Å²) in [5.74, 6) is 3.29. The summed E-state index contributed by atoms with van der Waals surface area (Å²) in [4.78, 5) is 24.0. The molecule has 130 valence electrons. The van der Waals surface area contributed by atoms with Gasteiger partial charge in [-0.05, 0) is 86.5 Å². The molecule has 0 aliphatic heterocycles. The third kappa shape index (κ3) is 2.62. The van der Waals surface area contributed by atoms with Crippen LogP contribution in [0.2, 0.25) is 0 Å². The van der Waals surface area contributed by atoms with Gasteiger partial charge in [-0.25, -0.2) is 0 Å². The molecule has 0 aromatic carbocycles. The predicted octanol–water partition coefficient (Wildman–Crippen LogP) is 3.81. The second-order valence-corrected chi connectivity index (χ2v) is 9.25. The summed E-state index contributed by atoms with van der Waals surface area (Å²) in [5.41, 5.74) is 1.95. The molecule has 0 heterocycles. The van der Waals surface area contributed by atoms with Crippen LogP contribution in [0.4, 0.5) is 0 Å². The number of ketones is 2. The quantitative estimate of drug-likeness (QED) is 0.670. The monoisotopic (exact) mass is 356 g/mol. The Kier molecular flexibility index (Phi) is 5.17. The van der Waals surface area contributed by atoms with Gasteiger partial charge in [-0.3, -0.25) is 9.59 Å². The molecule has 0 spiro atoms. The van der Waals surface area contributed by atoms with Crippen LogP contribution in [-0.4, -0.2) is 49.3 Å². The second-order valence-electron chi connectivity index (χ2n) is 9.25. The first-order chi connectivity index (χ1) is 10.9. The molecular weight excluding hydrogens is 324 g/mol. The molecule has 0 radical (unpaired) electrons. The molecule has 3 saturated carbocycles. The zero-order valence-corrected chi connectivity index (χ0v) is 14.9. The van der Waals surface area contributed by atoms with Crippen molar-refractivity contribution in [2.75, 3.05) is 0 Å². The molecule has 6 atom stereocenters. The molecule has 0 aromatic rings. The van der Waals surface area contributed by atoms with E-state index in [1.807, 2.05) is 6.08 Å². The van der Waals surface area contributed by atoms with Crippen LogP contribution in [0.15, 0.2) is 11.6 Å². The molecule has 4 aliphatic rings. The first-order valence-electron chi connectivity index (χ1n) is 9.60. The number of carbonyl (C=O) groups is 2. The van der Waals surface area contributed by atoms with Gasteiger partial charge in [0, 0.05) is 12.3 Å². The van der Waals surface area contributed by atoms with E-state index in [1.165, 1.54) is 31.3 Å². The molecule has 0 saturated heterocycles.